The fourth-order valence-electron chi connectivity index (χ4n) is 3.11. The monoisotopic (exact) mass is 446 g/mol. The van der Waals surface area contributed by atoms with Crippen LogP contribution >= 0.6 is 22.6 Å². The molecule has 0 aliphatic carbocycles. The van der Waals surface area contributed by atoms with Gasteiger partial charge in [-0.15, -0.1) is 0 Å². The molecule has 2 saturated heterocycles. The van der Waals surface area contributed by atoms with E-state index in [1.165, 1.54) is 0 Å². The second-order valence-electron chi connectivity index (χ2n) is 6.61. The molecule has 0 aromatic heterocycles. The average molecular weight is 446 g/mol. The van der Waals surface area contributed by atoms with Crippen molar-refractivity contribution in [3.05, 3.63) is 33.4 Å². The molecule has 132 valence electrons. The summed E-state index contributed by atoms with van der Waals surface area (Å²) < 4.78 is 24.8. The van der Waals surface area contributed by atoms with Crippen molar-refractivity contribution in [1.29, 1.82) is 0 Å². The normalized spacial score (nSPS) is 31.2. The first-order chi connectivity index (χ1) is 11.4. The van der Waals surface area contributed by atoms with Crippen LogP contribution in [-0.4, -0.2) is 36.2 Å². The van der Waals surface area contributed by atoms with E-state index < -0.39 is 24.3 Å². The summed E-state index contributed by atoms with van der Waals surface area (Å²) >= 11 is 2.28. The van der Waals surface area contributed by atoms with Crippen molar-refractivity contribution < 1.29 is 23.7 Å². The predicted octanol–water partition coefficient (Wildman–Crippen LogP) is 3.42. The largest absolute Gasteiger partial charge is 0.367 e. The fraction of sp³-hybridized carbons (Fsp3) is 0.611. The van der Waals surface area contributed by atoms with Gasteiger partial charge in [-0.3, -0.25) is 4.79 Å². The Balaban J connectivity index is 1.74. The first-order valence-corrected chi connectivity index (χ1v) is 9.38. The third-order valence-electron chi connectivity index (χ3n) is 4.19. The number of carbonyl (C=O) groups excluding carboxylic acids is 1. The first-order valence-electron chi connectivity index (χ1n) is 8.30. The van der Waals surface area contributed by atoms with Crippen LogP contribution in [0.2, 0.25) is 0 Å². The topological polar surface area (TPSA) is 54.0 Å². The highest BCUT2D eigenvalue weighted by Gasteiger charge is 2.57. The molecule has 0 amide bonds. The highest BCUT2D eigenvalue weighted by Crippen LogP contribution is 2.39. The second-order valence-corrected chi connectivity index (χ2v) is 7.77. The average Bonchev–Trinajstić information content (AvgIpc) is 2.99. The van der Waals surface area contributed by atoms with Crippen LogP contribution < -0.4 is 0 Å². The lowest BCUT2D eigenvalue weighted by Gasteiger charge is -2.25. The van der Waals surface area contributed by atoms with Crippen molar-refractivity contribution >= 4 is 28.4 Å². The number of ketones is 1. The molecule has 24 heavy (non-hydrogen) atoms. The number of benzene rings is 1. The number of ether oxygens (including phenoxy) is 4. The predicted molar refractivity (Wildman–Crippen MR) is 96.3 cm³/mol. The minimum Gasteiger partial charge on any atom is -0.367 e. The van der Waals surface area contributed by atoms with Crippen molar-refractivity contribution in [2.24, 2.45) is 0 Å². The molecular formula is C18H23IO5. The van der Waals surface area contributed by atoms with E-state index in [2.05, 4.69) is 22.6 Å². The minimum absolute atomic E-state index is 0.0460. The van der Waals surface area contributed by atoms with Crippen LogP contribution in [0.25, 0.3) is 0 Å². The van der Waals surface area contributed by atoms with E-state index in [0.29, 0.717) is 13.0 Å². The van der Waals surface area contributed by atoms with Gasteiger partial charge >= 0.3 is 0 Å². The second kappa shape index (κ2) is 7.37. The first kappa shape index (κ1) is 18.3. The molecule has 1 aromatic carbocycles. The van der Waals surface area contributed by atoms with Crippen molar-refractivity contribution in [2.45, 2.75) is 70.6 Å². The van der Waals surface area contributed by atoms with Gasteiger partial charge in [0.2, 0.25) is 0 Å². The summed E-state index contributed by atoms with van der Waals surface area (Å²) in [5, 5.41) is 0. The maximum absolute atomic E-state index is 12.4. The molecule has 2 fully saturated rings. The third-order valence-corrected chi connectivity index (χ3v) is 5.25. The maximum atomic E-state index is 12.4. The van der Waals surface area contributed by atoms with Crippen LogP contribution in [0.5, 0.6) is 0 Å². The minimum atomic E-state index is -0.725. The third kappa shape index (κ3) is 3.83. The standard InChI is InChI=1S/C18H23IO5/c1-4-7-13(20)14-15(16-17(22-14)24-18(2,3)23-16)21-10-11-8-5-6-9-12(11)19/h5-6,8-9,14-17H,4,7,10H2,1-3H3/t14-,15+,16-,17-/m1/s1. The number of hydrogen-bond acceptors (Lipinski definition) is 5. The number of halogens is 1. The van der Waals surface area contributed by atoms with Crippen molar-refractivity contribution in [2.75, 3.05) is 0 Å². The smallest absolute Gasteiger partial charge is 0.190 e. The molecule has 0 N–H and O–H groups in total. The van der Waals surface area contributed by atoms with Gasteiger partial charge in [-0.1, -0.05) is 25.1 Å². The Hall–Kier alpha value is -0.540. The number of hydrogen-bond donors (Lipinski definition) is 0. The zero-order valence-electron chi connectivity index (χ0n) is 14.2. The molecule has 3 rings (SSSR count). The van der Waals surface area contributed by atoms with E-state index in [0.717, 1.165) is 15.6 Å². The molecule has 2 aliphatic rings. The van der Waals surface area contributed by atoms with E-state index >= 15 is 0 Å². The lowest BCUT2D eigenvalue weighted by atomic mass is 10.0. The van der Waals surface area contributed by atoms with Crippen LogP contribution in [0, 0.1) is 3.57 Å². The Bertz CT molecular complexity index is 603. The highest BCUT2D eigenvalue weighted by molar-refractivity contribution is 14.1. The van der Waals surface area contributed by atoms with Crippen molar-refractivity contribution in [3.8, 4) is 0 Å². The Morgan fingerprint density at radius 1 is 1.29 bits per heavy atom. The van der Waals surface area contributed by atoms with E-state index in [4.69, 9.17) is 18.9 Å². The summed E-state index contributed by atoms with van der Waals surface area (Å²) in [6.07, 6.45) is -0.761. The molecule has 2 heterocycles. The van der Waals surface area contributed by atoms with Crippen LogP contribution in [0.4, 0.5) is 0 Å². The number of fused-ring (bicyclic) bond motifs is 1. The summed E-state index contributed by atoms with van der Waals surface area (Å²) in [4.78, 5) is 12.4. The van der Waals surface area contributed by atoms with Gasteiger partial charge in [-0.2, -0.15) is 0 Å². The maximum Gasteiger partial charge on any atom is 0.190 e. The Morgan fingerprint density at radius 2 is 2.04 bits per heavy atom. The van der Waals surface area contributed by atoms with Crippen molar-refractivity contribution in [1.82, 2.24) is 0 Å². The number of rotatable bonds is 6. The lowest BCUT2D eigenvalue weighted by Crippen LogP contribution is -2.40. The van der Waals surface area contributed by atoms with E-state index in [-0.39, 0.29) is 11.9 Å². The quantitative estimate of drug-likeness (QED) is 0.627. The summed E-state index contributed by atoms with van der Waals surface area (Å²) in [5.41, 5.74) is 1.08. The van der Waals surface area contributed by atoms with Gasteiger partial charge in [-0.05, 0) is 54.5 Å². The van der Waals surface area contributed by atoms with Gasteiger partial charge in [-0.25, -0.2) is 0 Å². The molecule has 4 atom stereocenters. The molecule has 6 heteroatoms. The SMILES string of the molecule is CCCC(=O)[C@H]1O[C@@H]2OC(C)(C)O[C@@H]2[C@H]1OCc1ccccc1I. The zero-order chi connectivity index (χ0) is 17.3. The molecule has 0 radical (unpaired) electrons. The van der Waals surface area contributed by atoms with Crippen LogP contribution in [0.15, 0.2) is 24.3 Å². The van der Waals surface area contributed by atoms with Gasteiger partial charge in [0.25, 0.3) is 0 Å². The van der Waals surface area contributed by atoms with Gasteiger partial charge in [0.1, 0.15) is 18.3 Å². The van der Waals surface area contributed by atoms with Gasteiger partial charge in [0, 0.05) is 9.99 Å². The van der Waals surface area contributed by atoms with Crippen LogP contribution in [0.1, 0.15) is 39.2 Å². The molecule has 0 saturated carbocycles. The summed E-state index contributed by atoms with van der Waals surface area (Å²) in [6, 6.07) is 8.02. The van der Waals surface area contributed by atoms with Gasteiger partial charge < -0.3 is 18.9 Å². The molecular weight excluding hydrogens is 423 g/mol. The van der Waals surface area contributed by atoms with Crippen LogP contribution in [-0.2, 0) is 30.3 Å². The summed E-state index contributed by atoms with van der Waals surface area (Å²) in [7, 11) is 0. The van der Waals surface area contributed by atoms with E-state index in [9.17, 15) is 4.79 Å². The van der Waals surface area contributed by atoms with Gasteiger partial charge in [0.05, 0.1) is 6.61 Å². The zero-order valence-corrected chi connectivity index (χ0v) is 16.3. The molecule has 0 spiro atoms. The summed E-state index contributed by atoms with van der Waals surface area (Å²) in [6.45, 7) is 6.07. The Kier molecular flexibility index (Phi) is 5.61. The van der Waals surface area contributed by atoms with Crippen LogP contribution in [0.3, 0.4) is 0 Å². The van der Waals surface area contributed by atoms with E-state index in [1.54, 1.807) is 0 Å². The van der Waals surface area contributed by atoms with Gasteiger partial charge in [0.15, 0.2) is 17.9 Å². The van der Waals surface area contributed by atoms with Crippen molar-refractivity contribution in [3.63, 3.8) is 0 Å². The lowest BCUT2D eigenvalue weighted by molar-refractivity contribution is -0.218. The number of carbonyl (C=O) groups is 1. The molecule has 1 aromatic rings. The highest BCUT2D eigenvalue weighted by atomic mass is 127. The van der Waals surface area contributed by atoms with E-state index in [1.807, 2.05) is 45.0 Å². The fourth-order valence-corrected chi connectivity index (χ4v) is 3.65. The summed E-state index contributed by atoms with van der Waals surface area (Å²) in [5.74, 6) is -0.679. The molecule has 5 nitrogen and oxygen atoms in total. The molecule has 0 bridgehead atoms. The molecule has 2 aliphatic heterocycles. The Labute approximate surface area is 156 Å². The number of Topliss-reactive ketones (excluding diaryl/α,β-unsaturated/α-hetero) is 1. The molecule has 0 unspecified atom stereocenters. The Morgan fingerprint density at radius 3 is 2.75 bits per heavy atom.